The Kier molecular flexibility index (Phi) is 3.16. The van der Waals surface area contributed by atoms with Crippen LogP contribution >= 0.6 is 0 Å². The van der Waals surface area contributed by atoms with Crippen molar-refractivity contribution in [2.24, 2.45) is 28.8 Å². The number of allylic oxidation sites excluding steroid dienone is 2. The molecule has 0 aromatic heterocycles. The van der Waals surface area contributed by atoms with Crippen molar-refractivity contribution in [3.05, 3.63) is 72.3 Å². The Morgan fingerprint density at radius 3 is 1.93 bits per heavy atom. The molecule has 3 aromatic carbocycles. The minimum absolute atomic E-state index is 0.146. The summed E-state index contributed by atoms with van der Waals surface area (Å²) in [6.07, 6.45) is 6.82. The minimum Gasteiger partial charge on any atom is -0.272 e. The molecular weight excluding hydrogens is 348 g/mol. The number of benzene rings is 3. The lowest BCUT2D eigenvalue weighted by Gasteiger charge is -2.13. The van der Waals surface area contributed by atoms with E-state index in [1.807, 2.05) is 24.3 Å². The number of carbonyl (C=O) groups is 2. The van der Waals surface area contributed by atoms with Crippen LogP contribution in [-0.4, -0.2) is 23.0 Å². The SMILES string of the molecule is O=C1[C@@H]2[C@H](C(=O)N1N=Cc1c3ccccc3cc3ccccc13)[C@H]1C=C[C@H]2C1. The molecular formula is C24H18N2O2. The Bertz CT molecular complexity index is 1140. The van der Waals surface area contributed by atoms with E-state index >= 15 is 0 Å². The highest BCUT2D eigenvalue weighted by Crippen LogP contribution is 2.52. The van der Waals surface area contributed by atoms with Gasteiger partial charge in [0.2, 0.25) is 0 Å². The van der Waals surface area contributed by atoms with Crippen molar-refractivity contribution in [3.8, 4) is 0 Å². The van der Waals surface area contributed by atoms with Crippen molar-refractivity contribution < 1.29 is 9.59 Å². The van der Waals surface area contributed by atoms with Crippen LogP contribution in [0.4, 0.5) is 0 Å². The van der Waals surface area contributed by atoms with Gasteiger partial charge in [-0.3, -0.25) is 9.59 Å². The summed E-state index contributed by atoms with van der Waals surface area (Å²) < 4.78 is 0. The molecule has 4 heteroatoms. The topological polar surface area (TPSA) is 49.7 Å². The van der Waals surface area contributed by atoms with E-state index in [9.17, 15) is 9.59 Å². The van der Waals surface area contributed by atoms with E-state index in [2.05, 4.69) is 47.6 Å². The van der Waals surface area contributed by atoms with Crippen molar-refractivity contribution in [1.82, 2.24) is 5.01 Å². The van der Waals surface area contributed by atoms with Crippen molar-refractivity contribution >= 4 is 39.6 Å². The molecule has 1 saturated heterocycles. The Hall–Kier alpha value is -3.27. The molecule has 1 heterocycles. The van der Waals surface area contributed by atoms with Crippen LogP contribution in [0.3, 0.4) is 0 Å². The molecule has 0 radical (unpaired) electrons. The largest absolute Gasteiger partial charge is 0.272 e. The summed E-state index contributed by atoms with van der Waals surface area (Å²) in [6, 6.07) is 18.4. The highest BCUT2D eigenvalue weighted by atomic mass is 16.2. The molecule has 6 rings (SSSR count). The first kappa shape index (κ1) is 15.8. The van der Waals surface area contributed by atoms with Crippen LogP contribution in [0.1, 0.15) is 12.0 Å². The first-order chi connectivity index (χ1) is 13.7. The molecule has 0 N–H and O–H groups in total. The fourth-order valence-corrected chi connectivity index (χ4v) is 5.30. The zero-order chi connectivity index (χ0) is 18.8. The lowest BCUT2D eigenvalue weighted by Crippen LogP contribution is -2.28. The molecule has 4 atom stereocenters. The van der Waals surface area contributed by atoms with E-state index in [4.69, 9.17) is 0 Å². The molecule has 2 aliphatic carbocycles. The summed E-state index contributed by atoms with van der Waals surface area (Å²) >= 11 is 0. The van der Waals surface area contributed by atoms with Crippen LogP contribution in [-0.2, 0) is 9.59 Å². The highest BCUT2D eigenvalue weighted by Gasteiger charge is 2.59. The number of hydrogen-bond donors (Lipinski definition) is 0. The van der Waals surface area contributed by atoms with E-state index in [0.29, 0.717) is 0 Å². The van der Waals surface area contributed by atoms with Crippen LogP contribution in [0.25, 0.3) is 21.5 Å². The Labute approximate surface area is 162 Å². The molecule has 1 aliphatic heterocycles. The quantitative estimate of drug-likeness (QED) is 0.296. The van der Waals surface area contributed by atoms with Gasteiger partial charge in [-0.25, -0.2) is 0 Å². The lowest BCUT2D eigenvalue weighted by atomic mass is 9.85. The second kappa shape index (κ2) is 5.61. The normalized spacial score (nSPS) is 28.4. The third-order valence-electron chi connectivity index (χ3n) is 6.56. The first-order valence-corrected chi connectivity index (χ1v) is 9.73. The maximum atomic E-state index is 12.9. The molecule has 0 spiro atoms. The van der Waals surface area contributed by atoms with E-state index in [1.54, 1.807) is 6.21 Å². The van der Waals surface area contributed by atoms with Crippen LogP contribution in [0.15, 0.2) is 71.9 Å². The third-order valence-corrected chi connectivity index (χ3v) is 6.56. The summed E-state index contributed by atoms with van der Waals surface area (Å²) in [7, 11) is 0. The molecule has 136 valence electrons. The Balaban J connectivity index is 1.46. The second-order valence-corrected chi connectivity index (χ2v) is 7.97. The summed E-state index contributed by atoms with van der Waals surface area (Å²) in [5, 5.41) is 9.89. The number of amides is 2. The monoisotopic (exact) mass is 366 g/mol. The Morgan fingerprint density at radius 1 is 0.821 bits per heavy atom. The number of hydrogen-bond acceptors (Lipinski definition) is 3. The van der Waals surface area contributed by atoms with Gasteiger partial charge in [0.1, 0.15) is 0 Å². The van der Waals surface area contributed by atoms with Crippen molar-refractivity contribution in [3.63, 3.8) is 0 Å². The smallest absolute Gasteiger partial charge is 0.254 e. The van der Waals surface area contributed by atoms with Crippen LogP contribution in [0.5, 0.6) is 0 Å². The molecule has 2 amide bonds. The van der Waals surface area contributed by atoms with E-state index in [-0.39, 0.29) is 35.5 Å². The molecule has 3 aromatic rings. The highest BCUT2D eigenvalue weighted by molar-refractivity contribution is 6.14. The molecule has 2 fully saturated rings. The van der Waals surface area contributed by atoms with Gasteiger partial charge in [0.15, 0.2) is 0 Å². The Morgan fingerprint density at radius 2 is 1.36 bits per heavy atom. The second-order valence-electron chi connectivity index (χ2n) is 7.97. The number of hydrazone groups is 1. The fourth-order valence-electron chi connectivity index (χ4n) is 5.30. The molecule has 4 nitrogen and oxygen atoms in total. The van der Waals surface area contributed by atoms with Crippen molar-refractivity contribution in [1.29, 1.82) is 0 Å². The standard InChI is InChI=1S/C24H18N2O2/c27-23-21-16-9-10-17(12-16)22(21)24(28)26(23)25-13-20-18-7-3-1-5-14(18)11-15-6-2-4-8-19(15)20/h1-11,13,16-17,21-22H,12H2/t16-,17-,21-,22+/m0/s1. The van der Waals surface area contributed by atoms with Gasteiger partial charge in [-0.1, -0.05) is 60.7 Å². The van der Waals surface area contributed by atoms with Gasteiger partial charge < -0.3 is 0 Å². The summed E-state index contributed by atoms with van der Waals surface area (Å²) in [5.41, 5.74) is 0.937. The summed E-state index contributed by atoms with van der Waals surface area (Å²) in [5.74, 6) is -0.330. The number of nitrogens with zero attached hydrogens (tertiary/aromatic N) is 2. The van der Waals surface area contributed by atoms with Gasteiger partial charge >= 0.3 is 0 Å². The third kappa shape index (κ3) is 2.03. The van der Waals surface area contributed by atoms with E-state index in [1.165, 1.54) is 0 Å². The maximum Gasteiger partial charge on any atom is 0.254 e. The molecule has 1 saturated carbocycles. The first-order valence-electron chi connectivity index (χ1n) is 9.73. The number of rotatable bonds is 2. The van der Waals surface area contributed by atoms with Gasteiger partial charge in [-0.05, 0) is 45.9 Å². The number of imide groups is 1. The van der Waals surface area contributed by atoms with Gasteiger partial charge in [-0.2, -0.15) is 10.1 Å². The fraction of sp³-hybridized carbons (Fsp3) is 0.208. The average molecular weight is 366 g/mol. The number of fused-ring (bicyclic) bond motifs is 7. The number of carbonyl (C=O) groups excluding carboxylic acids is 2. The van der Waals surface area contributed by atoms with Crippen molar-refractivity contribution in [2.75, 3.05) is 0 Å². The molecule has 0 unspecified atom stereocenters. The van der Waals surface area contributed by atoms with Crippen molar-refractivity contribution in [2.45, 2.75) is 6.42 Å². The van der Waals surface area contributed by atoms with Gasteiger partial charge in [0, 0.05) is 5.56 Å². The lowest BCUT2D eigenvalue weighted by molar-refractivity contribution is -0.140. The molecule has 3 aliphatic rings. The van der Waals surface area contributed by atoms with Gasteiger partial charge in [0.05, 0.1) is 18.1 Å². The van der Waals surface area contributed by atoms with Gasteiger partial charge in [-0.15, -0.1) is 0 Å². The van der Waals surface area contributed by atoms with E-state index < -0.39 is 0 Å². The maximum absolute atomic E-state index is 12.9. The average Bonchev–Trinajstić information content (AvgIpc) is 3.40. The zero-order valence-corrected chi connectivity index (χ0v) is 15.2. The van der Waals surface area contributed by atoms with Crippen LogP contribution in [0, 0.1) is 23.7 Å². The van der Waals surface area contributed by atoms with Crippen LogP contribution in [0.2, 0.25) is 0 Å². The molecule has 28 heavy (non-hydrogen) atoms. The summed E-state index contributed by atoms with van der Waals surface area (Å²) in [6.45, 7) is 0. The van der Waals surface area contributed by atoms with E-state index in [0.717, 1.165) is 38.5 Å². The molecule has 2 bridgehead atoms. The van der Waals surface area contributed by atoms with Gasteiger partial charge in [0.25, 0.3) is 11.8 Å². The predicted octanol–water partition coefficient (Wildman–Crippen LogP) is 4.13. The minimum atomic E-state index is -0.219. The van der Waals surface area contributed by atoms with Crippen LogP contribution < -0.4 is 0 Å². The zero-order valence-electron chi connectivity index (χ0n) is 15.2. The summed E-state index contributed by atoms with van der Waals surface area (Å²) in [4.78, 5) is 25.8. The predicted molar refractivity (Wildman–Crippen MR) is 109 cm³/mol.